The molecule has 0 bridgehead atoms. The van der Waals surface area contributed by atoms with Gasteiger partial charge >= 0.3 is 5.97 Å². The molecule has 0 saturated carbocycles. The van der Waals surface area contributed by atoms with Gasteiger partial charge in [-0.3, -0.25) is 4.79 Å². The van der Waals surface area contributed by atoms with Crippen molar-refractivity contribution in [2.75, 3.05) is 7.11 Å². The molecule has 6 heteroatoms. The number of hydrogen-bond donors (Lipinski definition) is 3. The maximum Gasteiger partial charge on any atom is 0.308 e. The van der Waals surface area contributed by atoms with Crippen LogP contribution in [0.1, 0.15) is 23.7 Å². The van der Waals surface area contributed by atoms with Crippen molar-refractivity contribution in [1.82, 2.24) is 0 Å². The minimum atomic E-state index is -1.29. The standard InChI is InChI=1S/C12H15ClO5/c1-6-3-7(4-8(13)11(6)16)12(17)9(14)5-10(15)18-2/h3-4,9,12,14,16-17H,5H2,1-2H3. The first-order valence-electron chi connectivity index (χ1n) is 5.28. The summed E-state index contributed by atoms with van der Waals surface area (Å²) in [6.45, 7) is 1.62. The molecule has 18 heavy (non-hydrogen) atoms. The topological polar surface area (TPSA) is 87.0 Å². The third kappa shape index (κ3) is 3.35. The Labute approximate surface area is 110 Å². The van der Waals surface area contributed by atoms with E-state index in [9.17, 15) is 20.1 Å². The van der Waals surface area contributed by atoms with Crippen LogP contribution in [0.25, 0.3) is 0 Å². The smallest absolute Gasteiger partial charge is 0.308 e. The minimum absolute atomic E-state index is 0.0740. The number of hydrogen-bond acceptors (Lipinski definition) is 5. The highest BCUT2D eigenvalue weighted by molar-refractivity contribution is 6.32. The van der Waals surface area contributed by atoms with Crippen LogP contribution in [0.2, 0.25) is 5.02 Å². The van der Waals surface area contributed by atoms with Gasteiger partial charge in [-0.05, 0) is 30.2 Å². The predicted molar refractivity (Wildman–Crippen MR) is 65.5 cm³/mol. The molecule has 0 aliphatic rings. The van der Waals surface area contributed by atoms with Crippen molar-refractivity contribution < 1.29 is 24.9 Å². The molecule has 0 aliphatic carbocycles. The van der Waals surface area contributed by atoms with Crippen molar-refractivity contribution in [1.29, 1.82) is 0 Å². The lowest BCUT2D eigenvalue weighted by molar-refractivity contribution is -0.144. The zero-order chi connectivity index (χ0) is 13.9. The normalized spacial score (nSPS) is 14.1. The van der Waals surface area contributed by atoms with Gasteiger partial charge in [-0.15, -0.1) is 0 Å². The molecule has 3 N–H and O–H groups in total. The molecule has 2 unspecified atom stereocenters. The van der Waals surface area contributed by atoms with Crippen LogP contribution in [0.3, 0.4) is 0 Å². The summed E-state index contributed by atoms with van der Waals surface area (Å²) in [5.41, 5.74) is 0.800. The molecule has 1 aromatic rings. The first kappa shape index (κ1) is 14.8. The molecule has 0 radical (unpaired) electrons. The first-order valence-corrected chi connectivity index (χ1v) is 5.66. The van der Waals surface area contributed by atoms with Crippen LogP contribution in [0.5, 0.6) is 5.75 Å². The molecular weight excluding hydrogens is 260 g/mol. The number of aryl methyl sites for hydroxylation is 1. The van der Waals surface area contributed by atoms with E-state index in [1.165, 1.54) is 19.2 Å². The second-order valence-corrected chi connectivity index (χ2v) is 4.37. The van der Waals surface area contributed by atoms with Crippen LogP contribution < -0.4 is 0 Å². The van der Waals surface area contributed by atoms with Gasteiger partial charge < -0.3 is 20.1 Å². The quantitative estimate of drug-likeness (QED) is 0.721. The van der Waals surface area contributed by atoms with Crippen molar-refractivity contribution in [3.05, 3.63) is 28.3 Å². The Bertz CT molecular complexity index is 423. The van der Waals surface area contributed by atoms with Gasteiger partial charge in [-0.2, -0.15) is 0 Å². The maximum atomic E-state index is 11.0. The predicted octanol–water partition coefficient (Wildman–Crippen LogP) is 1.31. The minimum Gasteiger partial charge on any atom is -0.506 e. The average Bonchev–Trinajstić information content (AvgIpc) is 2.33. The fourth-order valence-electron chi connectivity index (χ4n) is 1.52. The van der Waals surface area contributed by atoms with Gasteiger partial charge in [0.1, 0.15) is 11.9 Å². The monoisotopic (exact) mass is 274 g/mol. The summed E-state index contributed by atoms with van der Waals surface area (Å²) in [5.74, 6) is -0.696. The van der Waals surface area contributed by atoms with Crippen LogP contribution in [0, 0.1) is 6.92 Å². The van der Waals surface area contributed by atoms with Gasteiger partial charge in [0.15, 0.2) is 0 Å². The zero-order valence-electron chi connectivity index (χ0n) is 10.1. The number of phenolic OH excluding ortho intramolecular Hbond substituents is 1. The van der Waals surface area contributed by atoms with Crippen molar-refractivity contribution in [2.24, 2.45) is 0 Å². The Hall–Kier alpha value is -1.30. The van der Waals surface area contributed by atoms with E-state index in [1.54, 1.807) is 6.92 Å². The third-order valence-electron chi connectivity index (χ3n) is 2.59. The molecule has 0 heterocycles. The van der Waals surface area contributed by atoms with Crippen molar-refractivity contribution in [3.8, 4) is 5.75 Å². The molecule has 0 saturated heterocycles. The number of benzene rings is 1. The number of methoxy groups -OCH3 is 1. The number of aromatic hydroxyl groups is 1. The van der Waals surface area contributed by atoms with Gasteiger partial charge in [0.2, 0.25) is 0 Å². The van der Waals surface area contributed by atoms with Crippen molar-refractivity contribution in [2.45, 2.75) is 25.6 Å². The molecule has 0 aliphatic heterocycles. The number of phenols is 1. The van der Waals surface area contributed by atoms with E-state index in [0.717, 1.165) is 0 Å². The Morgan fingerprint density at radius 2 is 2.06 bits per heavy atom. The fraction of sp³-hybridized carbons (Fsp3) is 0.417. The lowest BCUT2D eigenvalue weighted by Gasteiger charge is -2.18. The average molecular weight is 275 g/mol. The molecule has 2 atom stereocenters. The Balaban J connectivity index is 2.90. The fourth-order valence-corrected chi connectivity index (χ4v) is 1.80. The highest BCUT2D eigenvalue weighted by atomic mass is 35.5. The summed E-state index contributed by atoms with van der Waals surface area (Å²) in [7, 11) is 1.20. The summed E-state index contributed by atoms with van der Waals surface area (Å²) in [5, 5.41) is 29.1. The lowest BCUT2D eigenvalue weighted by atomic mass is 10.00. The molecule has 1 aromatic carbocycles. The van der Waals surface area contributed by atoms with E-state index >= 15 is 0 Å². The van der Waals surface area contributed by atoms with Gasteiger partial charge in [-0.1, -0.05) is 11.6 Å². The second kappa shape index (κ2) is 6.04. The number of carbonyl (C=O) groups excluding carboxylic acids is 1. The molecule has 0 spiro atoms. The highest BCUT2D eigenvalue weighted by Crippen LogP contribution is 2.32. The van der Waals surface area contributed by atoms with Crippen LogP contribution in [0.4, 0.5) is 0 Å². The van der Waals surface area contributed by atoms with E-state index in [-0.39, 0.29) is 17.2 Å². The molecule has 1 rings (SSSR count). The van der Waals surface area contributed by atoms with Crippen LogP contribution in [-0.4, -0.2) is 34.5 Å². The summed E-state index contributed by atoms with van der Waals surface area (Å²) in [6.07, 6.45) is -2.90. The first-order chi connectivity index (χ1) is 8.36. The van der Waals surface area contributed by atoms with E-state index in [2.05, 4.69) is 4.74 Å². The van der Waals surface area contributed by atoms with Crippen LogP contribution >= 0.6 is 11.6 Å². The largest absolute Gasteiger partial charge is 0.506 e. The maximum absolute atomic E-state index is 11.0. The number of aliphatic hydroxyl groups is 2. The number of esters is 1. The molecule has 100 valence electrons. The molecule has 0 amide bonds. The summed E-state index contributed by atoms with van der Waals surface area (Å²) >= 11 is 5.77. The van der Waals surface area contributed by atoms with E-state index in [4.69, 9.17) is 11.6 Å². The van der Waals surface area contributed by atoms with E-state index in [0.29, 0.717) is 11.1 Å². The number of halogens is 1. The summed E-state index contributed by atoms with van der Waals surface area (Å²) in [6, 6.07) is 2.83. The van der Waals surface area contributed by atoms with E-state index in [1.807, 2.05) is 0 Å². The zero-order valence-corrected chi connectivity index (χ0v) is 10.8. The Morgan fingerprint density at radius 3 is 2.56 bits per heavy atom. The second-order valence-electron chi connectivity index (χ2n) is 3.96. The Kier molecular flexibility index (Phi) is 4.95. The summed E-state index contributed by atoms with van der Waals surface area (Å²) < 4.78 is 4.40. The molecule has 0 aromatic heterocycles. The number of rotatable bonds is 4. The van der Waals surface area contributed by atoms with Crippen LogP contribution in [0.15, 0.2) is 12.1 Å². The molecule has 0 fully saturated rings. The van der Waals surface area contributed by atoms with Crippen molar-refractivity contribution >= 4 is 17.6 Å². The highest BCUT2D eigenvalue weighted by Gasteiger charge is 2.23. The number of ether oxygens (including phenoxy) is 1. The Morgan fingerprint density at radius 1 is 1.44 bits per heavy atom. The van der Waals surface area contributed by atoms with E-state index < -0.39 is 18.2 Å². The molecule has 5 nitrogen and oxygen atoms in total. The summed E-state index contributed by atoms with van der Waals surface area (Å²) in [4.78, 5) is 11.0. The lowest BCUT2D eigenvalue weighted by Crippen LogP contribution is -2.22. The third-order valence-corrected chi connectivity index (χ3v) is 2.87. The van der Waals surface area contributed by atoms with Crippen LogP contribution in [-0.2, 0) is 9.53 Å². The van der Waals surface area contributed by atoms with Gasteiger partial charge in [-0.25, -0.2) is 0 Å². The number of aliphatic hydroxyl groups excluding tert-OH is 2. The van der Waals surface area contributed by atoms with Gasteiger partial charge in [0, 0.05) is 0 Å². The van der Waals surface area contributed by atoms with Gasteiger partial charge in [0.05, 0.1) is 24.7 Å². The van der Waals surface area contributed by atoms with Gasteiger partial charge in [0.25, 0.3) is 0 Å². The number of carbonyl (C=O) groups is 1. The SMILES string of the molecule is COC(=O)CC(O)C(O)c1cc(C)c(O)c(Cl)c1. The van der Waals surface area contributed by atoms with Crippen molar-refractivity contribution in [3.63, 3.8) is 0 Å². The molecular formula is C12H15ClO5.